The van der Waals surface area contributed by atoms with Crippen molar-refractivity contribution in [2.45, 2.75) is 102 Å². The van der Waals surface area contributed by atoms with Crippen LogP contribution in [0.1, 0.15) is 114 Å². The maximum absolute atomic E-state index is 2.32. The van der Waals surface area contributed by atoms with E-state index in [4.69, 9.17) is 0 Å². The van der Waals surface area contributed by atoms with Crippen LogP contribution in [0, 0.1) is 0 Å². The highest BCUT2D eigenvalue weighted by Crippen LogP contribution is 2.43. The van der Waals surface area contributed by atoms with Crippen molar-refractivity contribution >= 4 is 0 Å². The third kappa shape index (κ3) is 7.86. The second-order valence-corrected chi connectivity index (χ2v) is 10.00. The van der Waals surface area contributed by atoms with E-state index in [0.29, 0.717) is 0 Å². The van der Waals surface area contributed by atoms with Crippen LogP contribution in [-0.4, -0.2) is 0 Å². The van der Waals surface area contributed by atoms with E-state index >= 15 is 0 Å². The molecule has 0 aliphatic carbocycles. The molecule has 0 saturated carbocycles. The van der Waals surface area contributed by atoms with Crippen LogP contribution >= 0.6 is 0 Å². The van der Waals surface area contributed by atoms with Crippen molar-refractivity contribution in [1.29, 1.82) is 0 Å². The molecule has 3 aromatic carbocycles. The Morgan fingerprint density at radius 1 is 0.382 bits per heavy atom. The molecule has 0 unspecified atom stereocenters. The molecule has 0 nitrogen and oxygen atoms in total. The van der Waals surface area contributed by atoms with E-state index in [1.165, 1.54) is 100 Å². The first-order chi connectivity index (χ1) is 16.9. The van der Waals surface area contributed by atoms with E-state index in [2.05, 4.69) is 97.9 Å². The molecular formula is C34H46. The van der Waals surface area contributed by atoms with Crippen LogP contribution in [-0.2, 0) is 5.41 Å². The second-order valence-electron chi connectivity index (χ2n) is 10.00. The summed E-state index contributed by atoms with van der Waals surface area (Å²) in [5, 5.41) is 0. The highest BCUT2D eigenvalue weighted by atomic mass is 14.4. The van der Waals surface area contributed by atoms with Crippen LogP contribution in [0.4, 0.5) is 0 Å². The smallest absolute Gasteiger partial charge is 0.0451 e. The van der Waals surface area contributed by atoms with Gasteiger partial charge in [-0.1, -0.05) is 181 Å². The number of benzene rings is 3. The zero-order valence-corrected chi connectivity index (χ0v) is 21.6. The lowest BCUT2D eigenvalue weighted by Crippen LogP contribution is -2.29. The summed E-state index contributed by atoms with van der Waals surface area (Å²) >= 11 is 0. The molecule has 0 atom stereocenters. The van der Waals surface area contributed by atoms with Crippen molar-refractivity contribution in [2.24, 2.45) is 0 Å². The van der Waals surface area contributed by atoms with Gasteiger partial charge in [0.25, 0.3) is 0 Å². The Labute approximate surface area is 209 Å². The average Bonchev–Trinajstić information content (AvgIpc) is 2.91. The Hall–Kier alpha value is -2.34. The van der Waals surface area contributed by atoms with Crippen molar-refractivity contribution in [1.82, 2.24) is 0 Å². The van der Waals surface area contributed by atoms with Gasteiger partial charge in [0.15, 0.2) is 0 Å². The third-order valence-electron chi connectivity index (χ3n) is 7.46. The maximum atomic E-state index is 2.32. The molecule has 3 rings (SSSR count). The minimum Gasteiger partial charge on any atom is -0.0654 e. The number of rotatable bonds is 17. The first-order valence-electron chi connectivity index (χ1n) is 14.0. The van der Waals surface area contributed by atoms with Gasteiger partial charge < -0.3 is 0 Å². The predicted octanol–water partition coefficient (Wildman–Crippen LogP) is 10.5. The highest BCUT2D eigenvalue weighted by Gasteiger charge is 2.35. The summed E-state index contributed by atoms with van der Waals surface area (Å²) < 4.78 is 0. The van der Waals surface area contributed by atoms with Gasteiger partial charge in [0.2, 0.25) is 0 Å². The van der Waals surface area contributed by atoms with E-state index in [-0.39, 0.29) is 5.41 Å². The molecule has 0 aromatic heterocycles. The quantitative estimate of drug-likeness (QED) is 0.140. The third-order valence-corrected chi connectivity index (χ3v) is 7.46. The van der Waals surface area contributed by atoms with Crippen LogP contribution < -0.4 is 0 Å². The summed E-state index contributed by atoms with van der Waals surface area (Å²) in [6.45, 7) is 2.30. The molecule has 0 radical (unpaired) electrons. The van der Waals surface area contributed by atoms with Gasteiger partial charge in [-0.2, -0.15) is 0 Å². The first-order valence-corrected chi connectivity index (χ1v) is 14.0. The molecule has 0 saturated heterocycles. The van der Waals surface area contributed by atoms with Gasteiger partial charge in [0, 0.05) is 5.41 Å². The minimum atomic E-state index is -0.0818. The second kappa shape index (κ2) is 15.5. The maximum Gasteiger partial charge on any atom is 0.0451 e. The fraction of sp³-hybridized carbons (Fsp3) is 0.471. The highest BCUT2D eigenvalue weighted by molar-refractivity contribution is 5.50. The summed E-state index contributed by atoms with van der Waals surface area (Å²) in [6.07, 6.45) is 19.3. The van der Waals surface area contributed by atoms with Gasteiger partial charge in [0.05, 0.1) is 0 Å². The zero-order valence-electron chi connectivity index (χ0n) is 21.6. The summed E-state index contributed by atoms with van der Waals surface area (Å²) in [5.74, 6) is 0. The monoisotopic (exact) mass is 454 g/mol. The molecule has 0 aliphatic heterocycles. The first kappa shape index (κ1) is 26.3. The van der Waals surface area contributed by atoms with Crippen molar-refractivity contribution < 1.29 is 0 Å². The molecule has 0 amide bonds. The predicted molar refractivity (Wildman–Crippen MR) is 150 cm³/mol. The van der Waals surface area contributed by atoms with Gasteiger partial charge in [-0.25, -0.2) is 0 Å². The Kier molecular flexibility index (Phi) is 12.0. The van der Waals surface area contributed by atoms with Crippen LogP contribution in [0.2, 0.25) is 0 Å². The lowest BCUT2D eigenvalue weighted by molar-refractivity contribution is 0.491. The normalized spacial score (nSPS) is 11.6. The standard InChI is InChI=1S/C34H46/c1-2-3-4-5-6-7-8-9-10-11-12-13-23-30-34(31-24-17-14-18-25-31,32-26-19-15-20-27-32)33-28-21-16-22-29-33/h14-22,24-29H,2-13,23,30H2,1H3. The number of unbranched alkanes of at least 4 members (excludes halogenated alkanes) is 12. The summed E-state index contributed by atoms with van der Waals surface area (Å²) in [4.78, 5) is 0. The fourth-order valence-electron chi connectivity index (χ4n) is 5.51. The topological polar surface area (TPSA) is 0 Å². The SMILES string of the molecule is CCCCCCCCCCCCCCCC(c1ccccc1)(c1ccccc1)c1ccccc1. The molecule has 0 N–H and O–H groups in total. The van der Waals surface area contributed by atoms with Crippen LogP contribution in [0.15, 0.2) is 91.0 Å². The molecule has 3 aromatic rings. The van der Waals surface area contributed by atoms with E-state index < -0.39 is 0 Å². The van der Waals surface area contributed by atoms with Gasteiger partial charge in [-0.15, -0.1) is 0 Å². The Morgan fingerprint density at radius 2 is 0.676 bits per heavy atom. The van der Waals surface area contributed by atoms with Crippen LogP contribution in [0.25, 0.3) is 0 Å². The summed E-state index contributed by atoms with van der Waals surface area (Å²) in [5.41, 5.74) is 4.14. The average molecular weight is 455 g/mol. The van der Waals surface area contributed by atoms with Crippen molar-refractivity contribution in [3.63, 3.8) is 0 Å². The van der Waals surface area contributed by atoms with Crippen molar-refractivity contribution in [3.05, 3.63) is 108 Å². The van der Waals surface area contributed by atoms with E-state index in [1.807, 2.05) is 0 Å². The largest absolute Gasteiger partial charge is 0.0654 e. The molecule has 0 bridgehead atoms. The van der Waals surface area contributed by atoms with Gasteiger partial charge in [-0.05, 0) is 23.1 Å². The fourth-order valence-corrected chi connectivity index (χ4v) is 5.51. The summed E-state index contributed by atoms with van der Waals surface area (Å²) in [6, 6.07) is 33.5. The number of hydrogen-bond acceptors (Lipinski definition) is 0. The summed E-state index contributed by atoms with van der Waals surface area (Å²) in [7, 11) is 0. The van der Waals surface area contributed by atoms with E-state index in [0.717, 1.165) is 6.42 Å². The molecule has 0 fully saturated rings. The van der Waals surface area contributed by atoms with Gasteiger partial charge in [0.1, 0.15) is 0 Å². The minimum absolute atomic E-state index is 0.0818. The molecule has 0 heteroatoms. The molecule has 34 heavy (non-hydrogen) atoms. The zero-order chi connectivity index (χ0) is 23.7. The Bertz CT molecular complexity index is 769. The number of hydrogen-bond donors (Lipinski definition) is 0. The van der Waals surface area contributed by atoms with Crippen LogP contribution in [0.5, 0.6) is 0 Å². The van der Waals surface area contributed by atoms with E-state index in [1.54, 1.807) is 0 Å². The lowest BCUT2D eigenvalue weighted by atomic mass is 9.66. The molecule has 182 valence electrons. The van der Waals surface area contributed by atoms with Crippen LogP contribution in [0.3, 0.4) is 0 Å². The lowest BCUT2D eigenvalue weighted by Gasteiger charge is -2.36. The van der Waals surface area contributed by atoms with Gasteiger partial charge >= 0.3 is 0 Å². The molecule has 0 aliphatic rings. The van der Waals surface area contributed by atoms with Gasteiger partial charge in [-0.3, -0.25) is 0 Å². The Balaban J connectivity index is 1.54. The van der Waals surface area contributed by atoms with Crippen molar-refractivity contribution in [2.75, 3.05) is 0 Å². The molecular weight excluding hydrogens is 408 g/mol. The van der Waals surface area contributed by atoms with Crippen molar-refractivity contribution in [3.8, 4) is 0 Å². The molecule has 0 spiro atoms. The molecule has 0 heterocycles. The Morgan fingerprint density at radius 3 is 1.00 bits per heavy atom. The van der Waals surface area contributed by atoms with E-state index in [9.17, 15) is 0 Å².